The van der Waals surface area contributed by atoms with E-state index in [4.69, 9.17) is 0 Å². The van der Waals surface area contributed by atoms with Crippen molar-refractivity contribution in [1.82, 2.24) is 15.5 Å². The maximum atomic E-state index is 13.5. The van der Waals surface area contributed by atoms with Crippen LogP contribution in [0.4, 0.5) is 9.18 Å². The molecule has 1 unspecified atom stereocenters. The molecule has 23 heavy (non-hydrogen) atoms. The van der Waals surface area contributed by atoms with Crippen molar-refractivity contribution in [2.24, 2.45) is 0 Å². The van der Waals surface area contributed by atoms with Gasteiger partial charge in [0.2, 0.25) is 0 Å². The molecular formula is C17H26FN3O2. The topological polar surface area (TPSA) is 64.6 Å². The first-order valence-corrected chi connectivity index (χ1v) is 8.19. The number of aliphatic hydroxyl groups excluding tert-OH is 1. The van der Waals surface area contributed by atoms with E-state index >= 15 is 0 Å². The first-order valence-electron chi connectivity index (χ1n) is 8.19. The van der Waals surface area contributed by atoms with Gasteiger partial charge in [-0.25, -0.2) is 9.18 Å². The Morgan fingerprint density at radius 3 is 2.65 bits per heavy atom. The highest BCUT2D eigenvalue weighted by Gasteiger charge is 2.30. The molecular weight excluding hydrogens is 297 g/mol. The molecule has 1 aliphatic carbocycles. The van der Waals surface area contributed by atoms with Gasteiger partial charge < -0.3 is 15.7 Å². The Morgan fingerprint density at radius 1 is 1.35 bits per heavy atom. The molecule has 0 heterocycles. The number of urea groups is 1. The molecule has 1 aromatic carbocycles. The second-order valence-corrected chi connectivity index (χ2v) is 6.24. The van der Waals surface area contributed by atoms with E-state index in [2.05, 4.69) is 29.4 Å². The predicted octanol–water partition coefficient (Wildman–Crippen LogP) is 2.03. The number of rotatable bonds is 8. The molecule has 6 heteroatoms. The van der Waals surface area contributed by atoms with Crippen LogP contribution in [0.5, 0.6) is 0 Å². The molecule has 2 rings (SSSR count). The fraction of sp³-hybridized carbons (Fsp3) is 0.588. The molecule has 128 valence electrons. The molecule has 1 saturated carbocycles. The summed E-state index contributed by atoms with van der Waals surface area (Å²) in [6.45, 7) is 5.65. The van der Waals surface area contributed by atoms with Crippen LogP contribution in [0.1, 0.15) is 38.4 Å². The van der Waals surface area contributed by atoms with Gasteiger partial charge in [-0.15, -0.1) is 0 Å². The van der Waals surface area contributed by atoms with Crippen molar-refractivity contribution in [3.63, 3.8) is 0 Å². The molecule has 0 aliphatic heterocycles. The lowest BCUT2D eigenvalue weighted by Gasteiger charge is -2.26. The van der Waals surface area contributed by atoms with Crippen LogP contribution < -0.4 is 10.6 Å². The van der Waals surface area contributed by atoms with E-state index in [1.807, 2.05) is 0 Å². The number of halogens is 1. The summed E-state index contributed by atoms with van der Waals surface area (Å²) in [6.07, 6.45) is 1.42. The summed E-state index contributed by atoms with van der Waals surface area (Å²) in [5.41, 5.74) is 0.188. The van der Waals surface area contributed by atoms with Crippen molar-refractivity contribution in [2.45, 2.75) is 44.9 Å². The smallest absolute Gasteiger partial charge is 0.314 e. The van der Waals surface area contributed by atoms with Crippen LogP contribution in [-0.2, 0) is 0 Å². The van der Waals surface area contributed by atoms with Crippen molar-refractivity contribution in [3.8, 4) is 0 Å². The highest BCUT2D eigenvalue weighted by molar-refractivity contribution is 5.73. The van der Waals surface area contributed by atoms with Crippen molar-refractivity contribution in [2.75, 3.05) is 19.6 Å². The van der Waals surface area contributed by atoms with Gasteiger partial charge in [-0.3, -0.25) is 4.90 Å². The van der Waals surface area contributed by atoms with Crippen LogP contribution in [0, 0.1) is 5.82 Å². The van der Waals surface area contributed by atoms with E-state index in [9.17, 15) is 14.3 Å². The van der Waals surface area contributed by atoms with Gasteiger partial charge in [0.05, 0.1) is 6.10 Å². The number of nitrogens with one attached hydrogen (secondary N) is 2. The van der Waals surface area contributed by atoms with E-state index in [0.29, 0.717) is 18.6 Å². The number of amides is 2. The average Bonchev–Trinajstić information content (AvgIpc) is 3.34. The van der Waals surface area contributed by atoms with E-state index in [1.165, 1.54) is 25.0 Å². The van der Waals surface area contributed by atoms with Crippen LogP contribution in [0.15, 0.2) is 24.3 Å². The lowest BCUT2D eigenvalue weighted by Crippen LogP contribution is -2.43. The summed E-state index contributed by atoms with van der Waals surface area (Å²) < 4.78 is 13.5. The fourth-order valence-electron chi connectivity index (χ4n) is 2.67. The number of aliphatic hydroxyl groups is 1. The molecule has 0 radical (unpaired) electrons. The Labute approximate surface area is 136 Å². The Hall–Kier alpha value is -1.66. The Morgan fingerprint density at radius 2 is 2.04 bits per heavy atom. The minimum Gasteiger partial charge on any atom is -0.386 e. The monoisotopic (exact) mass is 323 g/mol. The average molecular weight is 323 g/mol. The summed E-state index contributed by atoms with van der Waals surface area (Å²) in [6, 6.07) is 6.79. The highest BCUT2D eigenvalue weighted by atomic mass is 19.1. The summed E-state index contributed by atoms with van der Waals surface area (Å²) in [4.78, 5) is 14.1. The van der Waals surface area contributed by atoms with E-state index in [-0.39, 0.29) is 18.1 Å². The summed E-state index contributed by atoms with van der Waals surface area (Å²) in [5.74, 6) is -0.473. The molecule has 0 spiro atoms. The molecule has 0 bridgehead atoms. The third kappa shape index (κ3) is 5.48. The lowest BCUT2D eigenvalue weighted by atomic mass is 10.1. The van der Waals surface area contributed by atoms with Crippen molar-refractivity contribution in [1.29, 1.82) is 0 Å². The molecule has 0 saturated heterocycles. The van der Waals surface area contributed by atoms with Gasteiger partial charge in [0.25, 0.3) is 0 Å². The highest BCUT2D eigenvalue weighted by Crippen LogP contribution is 2.27. The maximum absolute atomic E-state index is 13.5. The van der Waals surface area contributed by atoms with Gasteiger partial charge in [-0.2, -0.15) is 0 Å². The molecule has 1 aliphatic rings. The van der Waals surface area contributed by atoms with E-state index in [0.717, 1.165) is 6.54 Å². The number of benzene rings is 1. The normalized spacial score (nSPS) is 15.7. The molecule has 0 aromatic heterocycles. The minimum absolute atomic E-state index is 0.0245. The molecule has 1 atom stereocenters. The van der Waals surface area contributed by atoms with Gasteiger partial charge in [-0.1, -0.05) is 18.2 Å². The van der Waals surface area contributed by atoms with E-state index in [1.54, 1.807) is 12.1 Å². The SMILES string of the molecule is CC(C)N(CCNC(=O)NCC(O)c1ccccc1F)C1CC1. The first-order chi connectivity index (χ1) is 11.0. The van der Waals surface area contributed by atoms with Crippen molar-refractivity contribution >= 4 is 6.03 Å². The van der Waals surface area contributed by atoms with Crippen LogP contribution in [-0.4, -0.2) is 47.8 Å². The number of carbonyl (C=O) groups excluding carboxylic acids is 1. The summed E-state index contributed by atoms with van der Waals surface area (Å²) in [5, 5.41) is 15.3. The molecule has 5 nitrogen and oxygen atoms in total. The number of hydrogen-bond donors (Lipinski definition) is 3. The zero-order valence-electron chi connectivity index (χ0n) is 13.8. The molecule has 1 aromatic rings. The van der Waals surface area contributed by atoms with Crippen molar-refractivity contribution < 1.29 is 14.3 Å². The predicted molar refractivity (Wildman–Crippen MR) is 87.6 cm³/mol. The Balaban J connectivity index is 1.68. The van der Waals surface area contributed by atoms with Gasteiger partial charge in [0.1, 0.15) is 5.82 Å². The Bertz CT molecular complexity index is 518. The van der Waals surface area contributed by atoms with Gasteiger partial charge in [0.15, 0.2) is 0 Å². The first kappa shape index (κ1) is 17.7. The maximum Gasteiger partial charge on any atom is 0.314 e. The van der Waals surface area contributed by atoms with Crippen LogP contribution >= 0.6 is 0 Å². The molecule has 2 amide bonds. The van der Waals surface area contributed by atoms with E-state index < -0.39 is 11.9 Å². The zero-order chi connectivity index (χ0) is 16.8. The number of nitrogens with zero attached hydrogens (tertiary/aromatic N) is 1. The third-order valence-electron chi connectivity index (χ3n) is 4.05. The summed E-state index contributed by atoms with van der Waals surface area (Å²) in [7, 11) is 0. The number of carbonyl (C=O) groups is 1. The van der Waals surface area contributed by atoms with Gasteiger partial charge in [0, 0.05) is 37.3 Å². The van der Waals surface area contributed by atoms with Gasteiger partial charge in [-0.05, 0) is 32.8 Å². The standard InChI is InChI=1S/C17H26FN3O2/c1-12(2)21(13-7-8-13)10-9-19-17(23)20-11-16(22)14-5-3-4-6-15(14)18/h3-6,12-13,16,22H,7-11H2,1-2H3,(H2,19,20,23). The zero-order valence-corrected chi connectivity index (χ0v) is 13.8. The fourth-order valence-corrected chi connectivity index (χ4v) is 2.67. The lowest BCUT2D eigenvalue weighted by molar-refractivity contribution is 0.168. The quantitative estimate of drug-likeness (QED) is 0.686. The van der Waals surface area contributed by atoms with Crippen LogP contribution in [0.25, 0.3) is 0 Å². The molecule has 3 N–H and O–H groups in total. The Kier molecular flexibility index (Phi) is 6.36. The largest absolute Gasteiger partial charge is 0.386 e. The van der Waals surface area contributed by atoms with Gasteiger partial charge >= 0.3 is 6.03 Å². The molecule has 1 fully saturated rings. The third-order valence-corrected chi connectivity index (χ3v) is 4.05. The second kappa shape index (κ2) is 8.26. The van der Waals surface area contributed by atoms with Crippen LogP contribution in [0.3, 0.4) is 0 Å². The second-order valence-electron chi connectivity index (χ2n) is 6.24. The summed E-state index contributed by atoms with van der Waals surface area (Å²) >= 11 is 0. The van der Waals surface area contributed by atoms with Crippen LogP contribution in [0.2, 0.25) is 0 Å². The van der Waals surface area contributed by atoms with Crippen molar-refractivity contribution in [3.05, 3.63) is 35.6 Å². The number of hydrogen-bond acceptors (Lipinski definition) is 3. The minimum atomic E-state index is -1.06.